The van der Waals surface area contributed by atoms with Gasteiger partial charge in [0.15, 0.2) is 0 Å². The number of aromatic nitrogens is 1. The third-order valence-corrected chi connectivity index (χ3v) is 20.2. The number of para-hydroxylation sites is 1. The van der Waals surface area contributed by atoms with Gasteiger partial charge in [-0.15, -0.1) is 0 Å². The predicted molar refractivity (Wildman–Crippen MR) is 379 cm³/mol. The SMILES string of the molecule is CCCCCCCCCCCCCCCCS(=O)(=O)N[C@@H](Cc1c[nH]c2ccccc12)C(=O)N[C@@H](CC(=O)O)C(=O)N[C@H]1CNC(=O)[C@@H]2CCCN2C(=O)[C@H]([C@@H](C)CC)NC(=O)[C@H]([C@@H](C)O)NC(=O)CNC(=O)[C@H](CC(=O)O)NC(=O)CNC(=O)[C@H](CC(=O)O)NC(=O)CNC(=O)[C@@H]2CCCCN2C1=O. The smallest absolute Gasteiger partial charge is 0.305 e. The number of carbonyl (C=O) groups is 15. The molecule has 584 valence electrons. The number of aromatic amines is 1. The molecule has 0 bridgehead atoms. The highest BCUT2D eigenvalue weighted by Crippen LogP contribution is 2.25. The minimum Gasteiger partial charge on any atom is -0.481 e. The van der Waals surface area contributed by atoms with Crippen molar-refractivity contribution in [1.29, 1.82) is 0 Å². The van der Waals surface area contributed by atoms with Gasteiger partial charge in [-0.25, -0.2) is 13.1 Å². The number of benzene rings is 1. The van der Waals surface area contributed by atoms with E-state index in [4.69, 9.17) is 0 Å². The van der Waals surface area contributed by atoms with Gasteiger partial charge in [0.05, 0.1) is 50.8 Å². The maximum atomic E-state index is 15.2. The van der Waals surface area contributed by atoms with Gasteiger partial charge in [0, 0.05) is 36.7 Å². The second-order valence-electron chi connectivity index (χ2n) is 27.1. The van der Waals surface area contributed by atoms with Crippen LogP contribution in [0.5, 0.6) is 0 Å². The highest BCUT2D eigenvalue weighted by Gasteiger charge is 2.43. The molecule has 1 aromatic carbocycles. The number of sulfonamides is 1. The van der Waals surface area contributed by atoms with Crippen LogP contribution in [0.1, 0.15) is 181 Å². The molecule has 0 radical (unpaired) electrons. The fraction of sp³-hybridized carbons (Fsp3) is 0.667. The van der Waals surface area contributed by atoms with Gasteiger partial charge in [-0.05, 0) is 69.4 Å². The largest absolute Gasteiger partial charge is 0.481 e. The molecule has 11 atom stereocenters. The summed E-state index contributed by atoms with van der Waals surface area (Å²) in [5.74, 6) is -19.4. The summed E-state index contributed by atoms with van der Waals surface area (Å²) in [6, 6.07) is -8.61. The van der Waals surface area contributed by atoms with E-state index in [1.54, 1.807) is 44.3 Å². The van der Waals surface area contributed by atoms with Crippen LogP contribution in [0.3, 0.4) is 0 Å². The number of rotatable bonds is 32. The van der Waals surface area contributed by atoms with E-state index in [1.165, 1.54) is 44.9 Å². The molecule has 0 spiro atoms. The van der Waals surface area contributed by atoms with Gasteiger partial charge in [-0.3, -0.25) is 71.9 Å². The van der Waals surface area contributed by atoms with Crippen LogP contribution >= 0.6 is 0 Å². The van der Waals surface area contributed by atoms with E-state index in [0.29, 0.717) is 29.3 Å². The number of carboxylic acid groups (broad SMARTS) is 3. The summed E-state index contributed by atoms with van der Waals surface area (Å²) in [4.78, 5) is 210. The van der Waals surface area contributed by atoms with Crippen LogP contribution in [-0.2, 0) is 88.4 Å². The predicted octanol–water partition coefficient (Wildman–Crippen LogP) is -0.910. The molecule has 3 aliphatic heterocycles. The summed E-state index contributed by atoms with van der Waals surface area (Å²) in [6.07, 6.45) is 11.5. The number of hydrogen-bond donors (Lipinski definition) is 16. The summed E-state index contributed by atoms with van der Waals surface area (Å²) >= 11 is 0. The molecule has 35 nitrogen and oxygen atoms in total. The molecule has 0 unspecified atom stereocenters. The third-order valence-electron chi connectivity index (χ3n) is 18.7. The summed E-state index contributed by atoms with van der Waals surface area (Å²) in [5, 5.41) is 63.7. The Bertz CT molecular complexity index is 3480. The Morgan fingerprint density at radius 2 is 1.07 bits per heavy atom. The summed E-state index contributed by atoms with van der Waals surface area (Å²) < 4.78 is 30.3. The number of fused-ring (bicyclic) bond motifs is 3. The first-order valence-electron chi connectivity index (χ1n) is 36.3. The van der Waals surface area contributed by atoms with Crippen molar-refractivity contribution in [1.82, 2.24) is 72.7 Å². The van der Waals surface area contributed by atoms with Gasteiger partial charge in [-0.1, -0.05) is 129 Å². The monoisotopic (exact) mass is 1500 g/mol. The first-order valence-corrected chi connectivity index (χ1v) is 38.0. The van der Waals surface area contributed by atoms with E-state index in [2.05, 4.69) is 69.8 Å². The van der Waals surface area contributed by atoms with Crippen LogP contribution < -0.4 is 57.9 Å². The lowest BCUT2D eigenvalue weighted by molar-refractivity contribution is -0.146. The fourth-order valence-electron chi connectivity index (χ4n) is 12.8. The van der Waals surface area contributed by atoms with Crippen LogP contribution in [0.4, 0.5) is 0 Å². The van der Waals surface area contributed by atoms with Crippen molar-refractivity contribution < 1.29 is 101 Å². The molecular weight excluding hydrogens is 1390 g/mol. The van der Waals surface area contributed by atoms with E-state index in [1.807, 2.05) is 0 Å². The van der Waals surface area contributed by atoms with Crippen LogP contribution in [0.25, 0.3) is 10.9 Å². The number of nitrogens with one attached hydrogen (secondary N) is 12. The van der Waals surface area contributed by atoms with Crippen LogP contribution in [-0.4, -0.2) is 238 Å². The lowest BCUT2D eigenvalue weighted by Gasteiger charge is -2.37. The standard InChI is InChI=1S/C69H106N14O21S/c1-5-7-8-9-10-11-12-13-14-15-16-17-18-23-31-105(103,104)81-49(32-43-36-70-45-26-20-19-25-44(43)45)64(97)77-48(35-58(92)93)63(96)78-50-37-71-65(98)52-28-24-30-83(52)69(102)59(41(3)6-2)80-67(100)60(42(4)84)79-55(87)40-73-62(95)47(34-57(90)91)75-53(85)38-72-61(94)46(33-56(88)89)76-54(86)39-74-66(99)51-27-21-22-29-82(51)68(50)101/h19-20,25-26,36,41-42,46-52,59-60,70,81,84H,5-18,21-24,27-35,37-40H2,1-4H3,(H,71,98)(H,72,94)(H,73,95)(H,74,99)(H,75,85)(H,76,86)(H,77,97)(H,78,96)(H,79,87)(H,80,100)(H,88,89)(H,90,91)(H,92,93)/t41-,42+,46-,47-,48-,49-,50-,51-,52-,59-,60-/m0/s1. The minimum atomic E-state index is -4.25. The minimum absolute atomic E-state index is 0.00188. The average Bonchev–Trinajstić information content (AvgIpc) is 1.16. The van der Waals surface area contributed by atoms with Crippen molar-refractivity contribution in [3.05, 3.63) is 36.0 Å². The van der Waals surface area contributed by atoms with Crippen molar-refractivity contribution in [2.45, 2.75) is 242 Å². The number of hydrogen-bond acceptors (Lipinski definition) is 18. The Hall–Kier alpha value is -9.32. The number of amides is 12. The molecule has 0 saturated carbocycles. The second-order valence-corrected chi connectivity index (χ2v) is 29.0. The number of piperidine rings is 1. The van der Waals surface area contributed by atoms with Crippen LogP contribution in [0, 0.1) is 5.92 Å². The lowest BCUT2D eigenvalue weighted by Crippen LogP contribution is -2.63. The topological polar surface area (TPSA) is 526 Å². The molecule has 1 aromatic heterocycles. The van der Waals surface area contributed by atoms with Gasteiger partial charge in [0.2, 0.25) is 80.9 Å². The molecule has 2 aromatic rings. The Morgan fingerprint density at radius 1 is 0.562 bits per heavy atom. The van der Waals surface area contributed by atoms with Gasteiger partial charge in [-0.2, -0.15) is 0 Å². The molecule has 3 saturated heterocycles. The quantitative estimate of drug-likeness (QED) is 0.0394. The zero-order valence-corrected chi connectivity index (χ0v) is 61.0. The zero-order chi connectivity index (χ0) is 77.3. The molecule has 5 rings (SSSR count). The van der Waals surface area contributed by atoms with Crippen molar-refractivity contribution >= 4 is 110 Å². The fourth-order valence-corrected chi connectivity index (χ4v) is 14.1. The molecule has 3 fully saturated rings. The van der Waals surface area contributed by atoms with E-state index in [0.717, 1.165) is 48.8 Å². The summed E-state index contributed by atoms with van der Waals surface area (Å²) in [6.45, 7) is 2.47. The number of aliphatic carboxylic acids is 3. The van der Waals surface area contributed by atoms with Crippen LogP contribution in [0.15, 0.2) is 30.5 Å². The number of H-pyrrole nitrogens is 1. The van der Waals surface area contributed by atoms with Crippen molar-refractivity contribution in [3.63, 3.8) is 0 Å². The Kier molecular flexibility index (Phi) is 36.0. The van der Waals surface area contributed by atoms with Crippen molar-refractivity contribution in [3.8, 4) is 0 Å². The molecule has 36 heteroatoms. The van der Waals surface area contributed by atoms with E-state index < -0.39 is 211 Å². The number of aliphatic hydroxyl groups is 1. The number of unbranched alkanes of at least 4 members (excludes halogenated alkanes) is 13. The first kappa shape index (κ1) is 86.3. The number of carboxylic acids is 3. The highest BCUT2D eigenvalue weighted by atomic mass is 32.2. The molecule has 12 amide bonds. The number of nitrogens with zero attached hydrogens (tertiary/aromatic N) is 2. The first-order chi connectivity index (χ1) is 49.9. The molecule has 0 aliphatic carbocycles. The third kappa shape index (κ3) is 28.9. The maximum absolute atomic E-state index is 15.2. The number of carbonyl (C=O) groups excluding carboxylic acids is 12. The lowest BCUT2D eigenvalue weighted by atomic mass is 9.96. The Balaban J connectivity index is 1.46. The molecular formula is C69H106N14O21S. The average molecular weight is 1500 g/mol. The molecule has 3 aliphatic rings. The van der Waals surface area contributed by atoms with Gasteiger partial charge in [0.25, 0.3) is 0 Å². The van der Waals surface area contributed by atoms with Crippen molar-refractivity contribution in [2.75, 3.05) is 45.0 Å². The van der Waals surface area contributed by atoms with E-state index in [9.17, 15) is 96.0 Å². The van der Waals surface area contributed by atoms with Crippen LogP contribution in [0.2, 0.25) is 0 Å². The summed E-state index contributed by atoms with van der Waals surface area (Å²) in [5.41, 5.74) is 1.13. The summed E-state index contributed by atoms with van der Waals surface area (Å²) in [7, 11) is -4.25. The maximum Gasteiger partial charge on any atom is 0.305 e. The zero-order valence-electron chi connectivity index (χ0n) is 60.2. The Labute approximate surface area is 609 Å². The Morgan fingerprint density at radius 3 is 1.61 bits per heavy atom. The molecule has 105 heavy (non-hydrogen) atoms. The van der Waals surface area contributed by atoms with Gasteiger partial charge >= 0.3 is 17.9 Å². The van der Waals surface area contributed by atoms with E-state index >= 15 is 4.79 Å². The number of aliphatic hydroxyl groups excluding tert-OH is 1. The van der Waals surface area contributed by atoms with Gasteiger partial charge < -0.3 is 88.4 Å². The van der Waals surface area contributed by atoms with Gasteiger partial charge in [0.1, 0.15) is 54.4 Å². The van der Waals surface area contributed by atoms with E-state index in [-0.39, 0.29) is 63.8 Å². The highest BCUT2D eigenvalue weighted by molar-refractivity contribution is 7.89. The normalized spacial score (nSPS) is 22.5. The molecule has 16 N–H and O–H groups in total. The molecule has 4 heterocycles. The second kappa shape index (κ2) is 43.8. The van der Waals surface area contributed by atoms with Crippen molar-refractivity contribution in [2.24, 2.45) is 5.92 Å².